The van der Waals surface area contributed by atoms with Gasteiger partial charge in [0.25, 0.3) is 0 Å². The minimum absolute atomic E-state index is 0. The van der Waals surface area contributed by atoms with Crippen LogP contribution in [-0.4, -0.2) is 35.5 Å². The Bertz CT molecular complexity index is 1150. The molecular formula is C14H12N6Na2O7S2. The standard InChI is InChI=1S/C14H12N6O6S2.2Na.H2O/c15-19-17-12-6-2-10(3-7-12)1-4-11-5-8-13(18-20-16)9-14(11,27(21,22)23)28(24,25)26;;;/h1-9,11H,(H,21,22,23)(H,24,25,26);;;1H2/q;2*+1;/p-2. The summed E-state index contributed by atoms with van der Waals surface area (Å²) >= 11 is 0. The van der Waals surface area contributed by atoms with Crippen molar-refractivity contribution in [2.45, 2.75) is 4.08 Å². The maximum Gasteiger partial charge on any atom is 1.00 e. The summed E-state index contributed by atoms with van der Waals surface area (Å²) in [5.41, 5.74) is 17.1. The van der Waals surface area contributed by atoms with E-state index >= 15 is 0 Å². The van der Waals surface area contributed by atoms with Crippen molar-refractivity contribution >= 4 is 32.0 Å². The summed E-state index contributed by atoms with van der Waals surface area (Å²) in [4.78, 5) is 4.99. The maximum atomic E-state index is 11.8. The second-order valence-electron chi connectivity index (χ2n) is 5.41. The van der Waals surface area contributed by atoms with E-state index in [-0.39, 0.29) is 64.6 Å². The zero-order valence-electron chi connectivity index (χ0n) is 16.2. The summed E-state index contributed by atoms with van der Waals surface area (Å²) in [5.74, 6) is -1.67. The Balaban J connectivity index is 0. The van der Waals surface area contributed by atoms with Crippen LogP contribution < -0.4 is 59.1 Å². The molecule has 1 unspecified atom stereocenters. The molecule has 0 fully saturated rings. The Labute approximate surface area is 221 Å². The molecule has 1 aliphatic rings. The predicted octanol–water partition coefficient (Wildman–Crippen LogP) is -4.01. The predicted molar refractivity (Wildman–Crippen MR) is 99.9 cm³/mol. The fourth-order valence-corrected chi connectivity index (χ4v) is 5.03. The van der Waals surface area contributed by atoms with E-state index in [4.69, 9.17) is 11.1 Å². The van der Waals surface area contributed by atoms with Crippen LogP contribution in [0.4, 0.5) is 5.69 Å². The van der Waals surface area contributed by atoms with Crippen LogP contribution in [-0.2, 0) is 20.2 Å². The first-order chi connectivity index (χ1) is 13.0. The molecule has 1 aromatic rings. The molecule has 31 heavy (non-hydrogen) atoms. The molecule has 1 atom stereocenters. The summed E-state index contributed by atoms with van der Waals surface area (Å²) in [7, 11) is -11.5. The van der Waals surface area contributed by atoms with Gasteiger partial charge in [-0.25, -0.2) is 16.8 Å². The molecule has 2 N–H and O–H groups in total. The molecule has 2 rings (SSSR count). The Hall–Kier alpha value is -1.16. The first-order valence-electron chi connectivity index (χ1n) is 7.25. The summed E-state index contributed by atoms with van der Waals surface area (Å²) in [5, 5.41) is 6.44. The normalized spacial score (nSPS) is 17.0. The zero-order valence-corrected chi connectivity index (χ0v) is 21.9. The van der Waals surface area contributed by atoms with Crippen LogP contribution >= 0.6 is 0 Å². The topological polar surface area (TPSA) is 243 Å². The summed E-state index contributed by atoms with van der Waals surface area (Å²) in [6.07, 6.45) is 4.74. The molecule has 0 spiro atoms. The molecule has 17 heteroatoms. The molecule has 0 saturated heterocycles. The van der Waals surface area contributed by atoms with Crippen LogP contribution in [0.5, 0.6) is 0 Å². The maximum absolute atomic E-state index is 11.8. The Morgan fingerprint density at radius 1 is 0.968 bits per heavy atom. The number of benzene rings is 1. The van der Waals surface area contributed by atoms with Crippen molar-refractivity contribution in [2.75, 3.05) is 0 Å². The van der Waals surface area contributed by atoms with Gasteiger partial charge in [0, 0.05) is 27.1 Å². The minimum Gasteiger partial charge on any atom is -0.746 e. The van der Waals surface area contributed by atoms with Crippen LogP contribution in [0.2, 0.25) is 0 Å². The van der Waals surface area contributed by atoms with Gasteiger partial charge in [-0.2, -0.15) is 0 Å². The van der Waals surface area contributed by atoms with Crippen molar-refractivity contribution in [3.8, 4) is 0 Å². The molecular weight excluding hydrogens is 474 g/mol. The molecule has 1 aliphatic carbocycles. The van der Waals surface area contributed by atoms with Crippen molar-refractivity contribution in [2.24, 2.45) is 16.1 Å². The van der Waals surface area contributed by atoms with Gasteiger partial charge in [0.05, 0.1) is 0 Å². The third-order valence-corrected chi connectivity index (χ3v) is 7.35. The average Bonchev–Trinajstić information content (AvgIpc) is 2.60. The molecule has 0 bridgehead atoms. The van der Waals surface area contributed by atoms with E-state index in [1.807, 2.05) is 0 Å². The molecule has 0 heterocycles. The number of azide groups is 2. The number of rotatable bonds is 6. The second kappa shape index (κ2) is 12.8. The molecule has 1 aromatic carbocycles. The van der Waals surface area contributed by atoms with Gasteiger partial charge < -0.3 is 14.6 Å². The Morgan fingerprint density at radius 3 is 1.94 bits per heavy atom. The molecule has 0 radical (unpaired) electrons. The third-order valence-electron chi connectivity index (χ3n) is 3.78. The quantitative estimate of drug-likeness (QED) is 0.127. The number of hydrogen-bond acceptors (Lipinski definition) is 8. The van der Waals surface area contributed by atoms with E-state index in [0.717, 1.165) is 18.2 Å². The van der Waals surface area contributed by atoms with E-state index in [1.54, 1.807) is 0 Å². The van der Waals surface area contributed by atoms with Crippen molar-refractivity contribution in [3.63, 3.8) is 0 Å². The molecule has 0 amide bonds. The summed E-state index contributed by atoms with van der Waals surface area (Å²) in [6, 6.07) is 5.84. The van der Waals surface area contributed by atoms with Gasteiger partial charge in [-0.05, 0) is 22.7 Å². The van der Waals surface area contributed by atoms with Crippen molar-refractivity contribution in [1.82, 2.24) is 0 Å². The molecule has 0 aromatic heterocycles. The Kier molecular flexibility index (Phi) is 13.2. The third kappa shape index (κ3) is 7.17. The second-order valence-corrected chi connectivity index (χ2v) is 8.84. The van der Waals surface area contributed by atoms with E-state index in [2.05, 4.69) is 20.1 Å². The monoisotopic (exact) mass is 486 g/mol. The number of hydrogen-bond donors (Lipinski definition) is 0. The van der Waals surface area contributed by atoms with Gasteiger partial charge >= 0.3 is 59.1 Å². The van der Waals surface area contributed by atoms with E-state index in [1.165, 1.54) is 30.3 Å². The number of allylic oxidation sites excluding steroid dienone is 3. The van der Waals surface area contributed by atoms with Crippen LogP contribution in [0, 0.1) is 5.92 Å². The molecule has 13 nitrogen and oxygen atoms in total. The SMILES string of the molecule is O.[N-]=[N+]=NC1=CC(S(=O)(=O)[O-])(S(=O)(=O)[O-])C(C=Cc2ccc(N=[N+]=[N-])cc2)C=C1.[Na+].[Na+]. The van der Waals surface area contributed by atoms with Crippen LogP contribution in [0.1, 0.15) is 5.56 Å². The fourth-order valence-electron chi connectivity index (χ4n) is 2.52. The van der Waals surface area contributed by atoms with Gasteiger partial charge in [0.15, 0.2) is 4.08 Å². The number of nitrogens with zero attached hydrogens (tertiary/aromatic N) is 6. The van der Waals surface area contributed by atoms with Crippen LogP contribution in [0.3, 0.4) is 0 Å². The van der Waals surface area contributed by atoms with Gasteiger partial charge in [-0.1, -0.05) is 58.8 Å². The van der Waals surface area contributed by atoms with Gasteiger partial charge in [0.2, 0.25) is 0 Å². The summed E-state index contributed by atoms with van der Waals surface area (Å²) < 4.78 is 67.5. The van der Waals surface area contributed by atoms with Crippen molar-refractivity contribution < 1.29 is 90.5 Å². The first kappa shape index (κ1) is 32.0. The summed E-state index contributed by atoms with van der Waals surface area (Å²) in [6.45, 7) is 0. The van der Waals surface area contributed by atoms with Gasteiger partial charge in [-0.3, -0.25) is 0 Å². The van der Waals surface area contributed by atoms with Crippen molar-refractivity contribution in [1.29, 1.82) is 0 Å². The first-order valence-corrected chi connectivity index (χ1v) is 10.1. The molecule has 0 saturated carbocycles. The molecule has 0 aliphatic heterocycles. The largest absolute Gasteiger partial charge is 1.00 e. The zero-order chi connectivity index (χ0) is 21.0. The van der Waals surface area contributed by atoms with E-state index in [9.17, 15) is 25.9 Å². The fraction of sp³-hybridized carbons (Fsp3) is 0.143. The van der Waals surface area contributed by atoms with Crippen molar-refractivity contribution in [3.05, 3.63) is 80.7 Å². The van der Waals surface area contributed by atoms with Crippen LogP contribution in [0.25, 0.3) is 27.0 Å². The van der Waals surface area contributed by atoms with E-state index in [0.29, 0.717) is 17.3 Å². The minimum atomic E-state index is -5.73. The smallest absolute Gasteiger partial charge is 0.746 e. The van der Waals surface area contributed by atoms with Gasteiger partial charge in [0.1, 0.15) is 20.2 Å². The Morgan fingerprint density at radius 2 is 1.48 bits per heavy atom. The van der Waals surface area contributed by atoms with Gasteiger partial charge in [-0.15, -0.1) is 0 Å². The average molecular weight is 486 g/mol. The molecule has 154 valence electrons. The van der Waals surface area contributed by atoms with Crippen LogP contribution in [0.15, 0.2) is 64.5 Å². The van der Waals surface area contributed by atoms with E-state index < -0.39 is 35.9 Å².